The van der Waals surface area contributed by atoms with E-state index in [2.05, 4.69) is 4.72 Å². The zero-order valence-electron chi connectivity index (χ0n) is 7.57. The normalized spacial score (nSPS) is 25.9. The van der Waals surface area contributed by atoms with Crippen molar-refractivity contribution in [3.8, 4) is 0 Å². The van der Waals surface area contributed by atoms with Crippen LogP contribution in [-0.2, 0) is 10.0 Å². The standard InChI is InChI=1S/C8H16N2O2S/c9-5-8(6-1-2-6)10-13(11,12)7-3-4-7/h6-8,10H,1-5,9H2. The molecule has 76 valence electrons. The van der Waals surface area contributed by atoms with Gasteiger partial charge in [-0.1, -0.05) is 0 Å². The maximum absolute atomic E-state index is 11.5. The third-order valence-electron chi connectivity index (χ3n) is 2.72. The third-order valence-corrected chi connectivity index (χ3v) is 4.70. The van der Waals surface area contributed by atoms with Crippen LogP contribution in [0.1, 0.15) is 25.7 Å². The predicted octanol–water partition coefficient (Wildman–Crippen LogP) is -0.195. The highest BCUT2D eigenvalue weighted by molar-refractivity contribution is 7.90. The second-order valence-electron chi connectivity index (χ2n) is 4.04. The average Bonchev–Trinajstić information content (AvgIpc) is 2.88. The maximum atomic E-state index is 11.5. The summed E-state index contributed by atoms with van der Waals surface area (Å²) >= 11 is 0. The number of nitrogens with one attached hydrogen (secondary N) is 1. The fourth-order valence-corrected chi connectivity index (χ4v) is 3.18. The number of nitrogens with two attached hydrogens (primary N) is 1. The highest BCUT2D eigenvalue weighted by Gasteiger charge is 2.40. The van der Waals surface area contributed by atoms with Gasteiger partial charge in [-0.05, 0) is 31.6 Å². The molecule has 1 unspecified atom stereocenters. The fourth-order valence-electron chi connectivity index (χ4n) is 1.52. The van der Waals surface area contributed by atoms with Crippen LogP contribution < -0.4 is 10.5 Å². The first-order valence-corrected chi connectivity index (χ1v) is 6.39. The minimum atomic E-state index is -3.03. The number of hydrogen-bond acceptors (Lipinski definition) is 3. The van der Waals surface area contributed by atoms with Gasteiger partial charge in [-0.2, -0.15) is 0 Å². The molecule has 2 aliphatic rings. The van der Waals surface area contributed by atoms with Crippen molar-refractivity contribution in [2.45, 2.75) is 37.0 Å². The van der Waals surface area contributed by atoms with E-state index in [0.29, 0.717) is 12.5 Å². The molecule has 0 heterocycles. The van der Waals surface area contributed by atoms with Crippen molar-refractivity contribution in [3.63, 3.8) is 0 Å². The van der Waals surface area contributed by atoms with Gasteiger partial charge in [0, 0.05) is 12.6 Å². The predicted molar refractivity (Wildman–Crippen MR) is 50.6 cm³/mol. The van der Waals surface area contributed by atoms with E-state index >= 15 is 0 Å². The summed E-state index contributed by atoms with van der Waals surface area (Å²) in [7, 11) is -3.03. The molecule has 5 heteroatoms. The van der Waals surface area contributed by atoms with Crippen LogP contribution >= 0.6 is 0 Å². The Kier molecular flexibility index (Phi) is 2.33. The van der Waals surface area contributed by atoms with E-state index in [1.165, 1.54) is 0 Å². The SMILES string of the molecule is NCC(NS(=O)(=O)C1CC1)C1CC1. The molecular formula is C8H16N2O2S. The summed E-state index contributed by atoms with van der Waals surface area (Å²) in [5, 5.41) is -0.125. The lowest BCUT2D eigenvalue weighted by Crippen LogP contribution is -2.43. The highest BCUT2D eigenvalue weighted by atomic mass is 32.2. The van der Waals surface area contributed by atoms with Crippen molar-refractivity contribution < 1.29 is 8.42 Å². The van der Waals surface area contributed by atoms with Crippen molar-refractivity contribution in [2.24, 2.45) is 11.7 Å². The number of hydrogen-bond donors (Lipinski definition) is 2. The molecule has 0 aromatic carbocycles. The van der Waals surface area contributed by atoms with Crippen LogP contribution in [0, 0.1) is 5.92 Å². The van der Waals surface area contributed by atoms with Gasteiger partial charge in [-0.15, -0.1) is 0 Å². The fraction of sp³-hybridized carbons (Fsp3) is 1.00. The number of rotatable bonds is 5. The molecule has 0 aromatic rings. The van der Waals surface area contributed by atoms with E-state index in [0.717, 1.165) is 25.7 Å². The molecule has 2 rings (SSSR count). The first-order valence-electron chi connectivity index (χ1n) is 4.84. The van der Waals surface area contributed by atoms with Gasteiger partial charge in [0.2, 0.25) is 10.0 Å². The minimum Gasteiger partial charge on any atom is -0.329 e. The second-order valence-corrected chi connectivity index (χ2v) is 6.03. The van der Waals surface area contributed by atoms with Crippen LogP contribution in [0.25, 0.3) is 0 Å². The summed E-state index contributed by atoms with van der Waals surface area (Å²) in [5.41, 5.74) is 5.51. The molecule has 3 N–H and O–H groups in total. The van der Waals surface area contributed by atoms with Crippen LogP contribution in [0.15, 0.2) is 0 Å². The molecular weight excluding hydrogens is 188 g/mol. The van der Waals surface area contributed by atoms with Crippen LogP contribution in [0.5, 0.6) is 0 Å². The molecule has 2 aliphatic carbocycles. The molecule has 2 fully saturated rings. The van der Waals surface area contributed by atoms with Gasteiger partial charge in [-0.25, -0.2) is 13.1 Å². The van der Waals surface area contributed by atoms with Crippen molar-refractivity contribution >= 4 is 10.0 Å². The molecule has 2 saturated carbocycles. The van der Waals surface area contributed by atoms with Crippen molar-refractivity contribution in [1.29, 1.82) is 0 Å². The van der Waals surface area contributed by atoms with Gasteiger partial charge in [0.05, 0.1) is 5.25 Å². The van der Waals surface area contributed by atoms with Crippen LogP contribution in [0.3, 0.4) is 0 Å². The first kappa shape index (κ1) is 9.43. The summed E-state index contributed by atoms with van der Waals surface area (Å²) in [6.07, 6.45) is 3.87. The van der Waals surface area contributed by atoms with Gasteiger partial charge < -0.3 is 5.73 Å². The lowest BCUT2D eigenvalue weighted by Gasteiger charge is -2.15. The Bertz CT molecular complexity index is 281. The topological polar surface area (TPSA) is 72.2 Å². The van der Waals surface area contributed by atoms with Crippen molar-refractivity contribution in [2.75, 3.05) is 6.54 Å². The second kappa shape index (κ2) is 3.22. The van der Waals surface area contributed by atoms with Gasteiger partial charge in [0.25, 0.3) is 0 Å². The Labute approximate surface area is 78.9 Å². The summed E-state index contributed by atoms with van der Waals surface area (Å²) in [4.78, 5) is 0. The van der Waals surface area contributed by atoms with Crippen molar-refractivity contribution in [1.82, 2.24) is 4.72 Å². The Morgan fingerprint density at radius 1 is 1.31 bits per heavy atom. The Balaban J connectivity index is 1.93. The Hall–Kier alpha value is -0.130. The first-order chi connectivity index (χ1) is 6.13. The minimum absolute atomic E-state index is 0.00870. The van der Waals surface area contributed by atoms with Crippen molar-refractivity contribution in [3.05, 3.63) is 0 Å². The lowest BCUT2D eigenvalue weighted by atomic mass is 10.2. The summed E-state index contributed by atoms with van der Waals surface area (Å²) in [6.45, 7) is 0.427. The lowest BCUT2D eigenvalue weighted by molar-refractivity contribution is 0.518. The number of sulfonamides is 1. The largest absolute Gasteiger partial charge is 0.329 e. The summed E-state index contributed by atoms with van der Waals surface area (Å²) < 4.78 is 25.8. The molecule has 0 saturated heterocycles. The summed E-state index contributed by atoms with van der Waals surface area (Å²) in [6, 6.07) is -0.00870. The maximum Gasteiger partial charge on any atom is 0.214 e. The van der Waals surface area contributed by atoms with Crippen LogP contribution in [0.4, 0.5) is 0 Å². The van der Waals surface area contributed by atoms with E-state index in [1.54, 1.807) is 0 Å². The highest BCUT2D eigenvalue weighted by Crippen LogP contribution is 2.34. The van der Waals surface area contributed by atoms with E-state index in [9.17, 15) is 8.42 Å². The van der Waals surface area contributed by atoms with Gasteiger partial charge in [-0.3, -0.25) is 0 Å². The summed E-state index contributed by atoms with van der Waals surface area (Å²) in [5.74, 6) is 0.499. The van der Waals surface area contributed by atoms with Crippen LogP contribution in [0.2, 0.25) is 0 Å². The molecule has 0 amide bonds. The van der Waals surface area contributed by atoms with Gasteiger partial charge >= 0.3 is 0 Å². The monoisotopic (exact) mass is 204 g/mol. The average molecular weight is 204 g/mol. The molecule has 1 atom stereocenters. The van der Waals surface area contributed by atoms with E-state index in [4.69, 9.17) is 5.73 Å². The molecule has 0 spiro atoms. The molecule has 0 radical (unpaired) electrons. The third kappa shape index (κ3) is 2.21. The molecule has 0 bridgehead atoms. The van der Waals surface area contributed by atoms with Crippen LogP contribution in [-0.4, -0.2) is 26.3 Å². The van der Waals surface area contributed by atoms with E-state index in [1.807, 2.05) is 0 Å². The molecule has 4 nitrogen and oxygen atoms in total. The van der Waals surface area contributed by atoms with Gasteiger partial charge in [0.15, 0.2) is 0 Å². The molecule has 0 aliphatic heterocycles. The quantitative estimate of drug-likeness (QED) is 0.651. The molecule has 13 heavy (non-hydrogen) atoms. The molecule has 0 aromatic heterocycles. The smallest absolute Gasteiger partial charge is 0.214 e. The Morgan fingerprint density at radius 3 is 2.31 bits per heavy atom. The Morgan fingerprint density at radius 2 is 1.92 bits per heavy atom. The van der Waals surface area contributed by atoms with E-state index < -0.39 is 10.0 Å². The zero-order chi connectivity index (χ0) is 9.47. The van der Waals surface area contributed by atoms with E-state index in [-0.39, 0.29) is 11.3 Å². The van der Waals surface area contributed by atoms with Gasteiger partial charge in [0.1, 0.15) is 0 Å². The zero-order valence-corrected chi connectivity index (χ0v) is 8.39.